The third-order valence-electron chi connectivity index (χ3n) is 5.20. The van der Waals surface area contributed by atoms with Crippen LogP contribution < -0.4 is 4.90 Å². The number of hydrogen-bond acceptors (Lipinski definition) is 6. The Bertz CT molecular complexity index is 1030. The highest BCUT2D eigenvalue weighted by Gasteiger charge is 2.25. The molecule has 1 aliphatic heterocycles. The highest BCUT2D eigenvalue weighted by molar-refractivity contribution is 7.22. The molecule has 0 atom stereocenters. The van der Waals surface area contributed by atoms with Crippen LogP contribution in [0.1, 0.15) is 29.5 Å². The van der Waals surface area contributed by atoms with Crippen LogP contribution >= 0.6 is 22.9 Å². The Morgan fingerprint density at radius 1 is 1.30 bits per heavy atom. The molecule has 1 fully saturated rings. The van der Waals surface area contributed by atoms with E-state index in [0.717, 1.165) is 55.2 Å². The van der Waals surface area contributed by atoms with Crippen molar-refractivity contribution in [1.82, 2.24) is 19.7 Å². The van der Waals surface area contributed by atoms with Crippen LogP contribution in [-0.2, 0) is 11.3 Å². The molecule has 0 unspecified atom stereocenters. The molecular formula is C21H26ClN5O2S. The molecule has 1 saturated heterocycles. The Morgan fingerprint density at radius 2 is 2.10 bits per heavy atom. The molecule has 0 N–H and O–H groups in total. The van der Waals surface area contributed by atoms with Crippen molar-refractivity contribution in [3.8, 4) is 0 Å². The first-order valence-electron chi connectivity index (χ1n) is 10.3. The third-order valence-corrected chi connectivity index (χ3v) is 6.47. The predicted molar refractivity (Wildman–Crippen MR) is 121 cm³/mol. The fraction of sp³-hybridized carbons (Fsp3) is 0.476. The van der Waals surface area contributed by atoms with E-state index >= 15 is 0 Å². The van der Waals surface area contributed by atoms with E-state index in [0.29, 0.717) is 28.9 Å². The fourth-order valence-electron chi connectivity index (χ4n) is 3.66. The summed E-state index contributed by atoms with van der Waals surface area (Å²) in [5.41, 5.74) is 2.29. The number of anilines is 1. The van der Waals surface area contributed by atoms with Gasteiger partial charge in [-0.1, -0.05) is 22.9 Å². The quantitative estimate of drug-likeness (QED) is 0.550. The lowest BCUT2D eigenvalue weighted by molar-refractivity contribution is 0.0376. The second-order valence-electron chi connectivity index (χ2n) is 7.36. The minimum atomic E-state index is -0.0652. The molecule has 2 aromatic heterocycles. The number of nitrogens with zero attached hydrogens (tertiary/aromatic N) is 5. The molecule has 1 aliphatic rings. The molecule has 4 rings (SSSR count). The van der Waals surface area contributed by atoms with Crippen molar-refractivity contribution in [3.63, 3.8) is 0 Å². The highest BCUT2D eigenvalue weighted by atomic mass is 35.5. The number of amides is 1. The smallest absolute Gasteiger partial charge is 0.278 e. The van der Waals surface area contributed by atoms with Gasteiger partial charge in [0.1, 0.15) is 5.69 Å². The van der Waals surface area contributed by atoms with Crippen molar-refractivity contribution in [2.24, 2.45) is 0 Å². The first kappa shape index (κ1) is 21.2. The Balaban J connectivity index is 1.60. The van der Waals surface area contributed by atoms with Crippen LogP contribution in [0.5, 0.6) is 0 Å². The average Bonchev–Trinajstić information content (AvgIpc) is 3.34. The van der Waals surface area contributed by atoms with Gasteiger partial charge in [-0.15, -0.1) is 0 Å². The fourth-order valence-corrected chi connectivity index (χ4v) is 4.93. The molecule has 30 heavy (non-hydrogen) atoms. The topological polar surface area (TPSA) is 63.5 Å². The maximum Gasteiger partial charge on any atom is 0.278 e. The molecule has 7 nitrogen and oxygen atoms in total. The Hall–Kier alpha value is -2.00. The lowest BCUT2D eigenvalue weighted by Crippen LogP contribution is -2.39. The zero-order chi connectivity index (χ0) is 21.1. The molecule has 3 aromatic rings. The molecule has 0 bridgehead atoms. The third kappa shape index (κ3) is 4.67. The number of thiazole rings is 1. The molecule has 3 heterocycles. The number of aryl methyl sites for hydroxylation is 2. The minimum absolute atomic E-state index is 0.0652. The van der Waals surface area contributed by atoms with Crippen LogP contribution in [0, 0.1) is 6.92 Å². The zero-order valence-electron chi connectivity index (χ0n) is 17.3. The van der Waals surface area contributed by atoms with Crippen LogP contribution in [0.4, 0.5) is 5.13 Å². The summed E-state index contributed by atoms with van der Waals surface area (Å²) in [6.07, 6.45) is 0.863. The predicted octanol–water partition coefficient (Wildman–Crippen LogP) is 3.84. The van der Waals surface area contributed by atoms with Crippen LogP contribution in [0.15, 0.2) is 24.3 Å². The van der Waals surface area contributed by atoms with Gasteiger partial charge in [-0.3, -0.25) is 19.3 Å². The van der Waals surface area contributed by atoms with Crippen molar-refractivity contribution in [1.29, 1.82) is 0 Å². The summed E-state index contributed by atoms with van der Waals surface area (Å²) in [5.74, 6) is -0.0652. The summed E-state index contributed by atoms with van der Waals surface area (Å²) in [4.78, 5) is 22.4. The SMILES string of the molecule is CCn1nc(C)cc1C(=O)N(CCCN1CCOCC1)c1nc2ccc(Cl)cc2s1. The largest absolute Gasteiger partial charge is 0.379 e. The number of rotatable bonds is 7. The molecule has 0 spiro atoms. The average molecular weight is 448 g/mol. The van der Waals surface area contributed by atoms with Gasteiger partial charge in [-0.05, 0) is 44.5 Å². The summed E-state index contributed by atoms with van der Waals surface area (Å²) in [5, 5.41) is 5.81. The van der Waals surface area contributed by atoms with E-state index < -0.39 is 0 Å². The van der Waals surface area contributed by atoms with Crippen LogP contribution in [0.2, 0.25) is 5.02 Å². The molecule has 9 heteroatoms. The van der Waals surface area contributed by atoms with E-state index in [1.165, 1.54) is 11.3 Å². The van der Waals surface area contributed by atoms with E-state index in [1.807, 2.05) is 38.1 Å². The Kier molecular flexibility index (Phi) is 6.67. The van der Waals surface area contributed by atoms with Gasteiger partial charge in [-0.2, -0.15) is 5.10 Å². The highest BCUT2D eigenvalue weighted by Crippen LogP contribution is 2.31. The lowest BCUT2D eigenvalue weighted by Gasteiger charge is -2.27. The van der Waals surface area contributed by atoms with Gasteiger partial charge >= 0.3 is 0 Å². The van der Waals surface area contributed by atoms with Gasteiger partial charge in [0, 0.05) is 37.7 Å². The number of carbonyl (C=O) groups is 1. The van der Waals surface area contributed by atoms with Gasteiger partial charge in [-0.25, -0.2) is 4.98 Å². The number of benzene rings is 1. The summed E-state index contributed by atoms with van der Waals surface area (Å²) in [6.45, 7) is 9.49. The van der Waals surface area contributed by atoms with Crippen molar-refractivity contribution in [2.75, 3.05) is 44.3 Å². The molecule has 0 saturated carbocycles. The van der Waals surface area contributed by atoms with E-state index in [9.17, 15) is 4.79 Å². The lowest BCUT2D eigenvalue weighted by atomic mass is 10.3. The second-order valence-corrected chi connectivity index (χ2v) is 8.81. The molecule has 1 amide bonds. The first-order chi connectivity index (χ1) is 14.5. The molecule has 160 valence electrons. The molecule has 0 radical (unpaired) electrons. The number of carbonyl (C=O) groups excluding carboxylic acids is 1. The number of halogens is 1. The van der Waals surface area contributed by atoms with Crippen molar-refractivity contribution in [2.45, 2.75) is 26.8 Å². The Labute approximate surface area is 185 Å². The summed E-state index contributed by atoms with van der Waals surface area (Å²) >= 11 is 7.64. The van der Waals surface area contributed by atoms with Gasteiger partial charge in [0.15, 0.2) is 5.13 Å². The van der Waals surface area contributed by atoms with Gasteiger partial charge in [0.25, 0.3) is 5.91 Å². The summed E-state index contributed by atoms with van der Waals surface area (Å²) in [6, 6.07) is 7.47. The molecule has 0 aliphatic carbocycles. The van der Waals surface area contributed by atoms with Gasteiger partial charge in [0.05, 0.1) is 29.1 Å². The monoisotopic (exact) mass is 447 g/mol. The van der Waals surface area contributed by atoms with Gasteiger partial charge < -0.3 is 4.74 Å². The standard InChI is InChI=1S/C21H26ClN5O2S/c1-3-27-18(13-15(2)24-27)20(28)26(8-4-7-25-9-11-29-12-10-25)21-23-17-6-5-16(22)14-19(17)30-21/h5-6,13-14H,3-4,7-12H2,1-2H3. The second kappa shape index (κ2) is 9.43. The molecule has 1 aromatic carbocycles. The first-order valence-corrected chi connectivity index (χ1v) is 11.5. The van der Waals surface area contributed by atoms with Crippen molar-refractivity contribution >= 4 is 44.2 Å². The number of aromatic nitrogens is 3. The van der Waals surface area contributed by atoms with E-state index in [-0.39, 0.29) is 5.91 Å². The summed E-state index contributed by atoms with van der Waals surface area (Å²) in [7, 11) is 0. The van der Waals surface area contributed by atoms with Crippen LogP contribution in [0.3, 0.4) is 0 Å². The zero-order valence-corrected chi connectivity index (χ0v) is 18.9. The minimum Gasteiger partial charge on any atom is -0.379 e. The number of ether oxygens (including phenoxy) is 1. The summed E-state index contributed by atoms with van der Waals surface area (Å²) < 4.78 is 8.17. The van der Waals surface area contributed by atoms with Crippen LogP contribution in [0.25, 0.3) is 10.2 Å². The number of hydrogen-bond donors (Lipinski definition) is 0. The maximum atomic E-state index is 13.5. The molecular weight excluding hydrogens is 422 g/mol. The van der Waals surface area contributed by atoms with E-state index in [4.69, 9.17) is 21.3 Å². The van der Waals surface area contributed by atoms with E-state index in [2.05, 4.69) is 10.00 Å². The Morgan fingerprint density at radius 3 is 2.87 bits per heavy atom. The normalized spacial score (nSPS) is 15.0. The van der Waals surface area contributed by atoms with Gasteiger partial charge in [0.2, 0.25) is 0 Å². The number of fused-ring (bicyclic) bond motifs is 1. The van der Waals surface area contributed by atoms with Crippen LogP contribution in [-0.4, -0.2) is 65.0 Å². The van der Waals surface area contributed by atoms with E-state index in [1.54, 1.807) is 9.58 Å². The number of morpholine rings is 1. The van der Waals surface area contributed by atoms with Crippen molar-refractivity contribution in [3.05, 3.63) is 40.7 Å². The van der Waals surface area contributed by atoms with Crippen molar-refractivity contribution < 1.29 is 9.53 Å². The maximum absolute atomic E-state index is 13.5.